The van der Waals surface area contributed by atoms with Crippen molar-refractivity contribution in [2.75, 3.05) is 20.8 Å². The summed E-state index contributed by atoms with van der Waals surface area (Å²) in [5.74, 6) is 1.03. The number of halogens is 1. The average molecular weight is 346 g/mol. The van der Waals surface area contributed by atoms with Gasteiger partial charge in [0.25, 0.3) is 5.91 Å². The van der Waals surface area contributed by atoms with E-state index in [1.807, 2.05) is 18.2 Å². The van der Waals surface area contributed by atoms with Gasteiger partial charge in [-0.3, -0.25) is 4.79 Å². The molecule has 24 heavy (non-hydrogen) atoms. The smallest absolute Gasteiger partial charge is 0.251 e. The van der Waals surface area contributed by atoms with Crippen molar-refractivity contribution in [2.24, 2.45) is 0 Å². The molecule has 2 aromatic rings. The number of rotatable bonds is 6. The summed E-state index contributed by atoms with van der Waals surface area (Å²) < 4.78 is 10.4. The van der Waals surface area contributed by atoms with Crippen LogP contribution in [0.25, 0.3) is 0 Å². The highest BCUT2D eigenvalue weighted by Gasteiger charge is 2.44. The van der Waals surface area contributed by atoms with Crippen molar-refractivity contribution in [1.82, 2.24) is 5.32 Å². The van der Waals surface area contributed by atoms with Gasteiger partial charge in [0.1, 0.15) is 0 Å². The molecule has 2 aromatic carbocycles. The Kier molecular flexibility index (Phi) is 4.67. The molecule has 0 aliphatic heterocycles. The van der Waals surface area contributed by atoms with Gasteiger partial charge < -0.3 is 14.8 Å². The van der Waals surface area contributed by atoms with Crippen molar-refractivity contribution >= 4 is 17.5 Å². The van der Waals surface area contributed by atoms with Gasteiger partial charge in [0.2, 0.25) is 0 Å². The number of amides is 1. The number of ether oxygens (including phenoxy) is 2. The molecule has 4 nitrogen and oxygen atoms in total. The van der Waals surface area contributed by atoms with E-state index in [1.54, 1.807) is 32.4 Å². The predicted molar refractivity (Wildman–Crippen MR) is 94.2 cm³/mol. The fraction of sp³-hybridized carbons (Fsp3) is 0.316. The Morgan fingerprint density at radius 3 is 2.50 bits per heavy atom. The minimum absolute atomic E-state index is 0.0110. The monoisotopic (exact) mass is 345 g/mol. The number of hydrogen-bond donors (Lipinski definition) is 1. The second-order valence-electron chi connectivity index (χ2n) is 6.04. The molecule has 1 amide bonds. The van der Waals surface area contributed by atoms with Crippen LogP contribution in [0.2, 0.25) is 5.02 Å². The summed E-state index contributed by atoms with van der Waals surface area (Å²) >= 11 is 6.09. The lowest BCUT2D eigenvalue weighted by molar-refractivity contribution is 0.0949. The molecule has 0 radical (unpaired) electrons. The number of methoxy groups -OCH3 is 2. The summed E-state index contributed by atoms with van der Waals surface area (Å²) in [6.45, 7) is 0.598. The van der Waals surface area contributed by atoms with Gasteiger partial charge in [0.05, 0.1) is 14.2 Å². The maximum atomic E-state index is 12.5. The number of nitrogens with one attached hydrogen (secondary N) is 1. The van der Waals surface area contributed by atoms with Gasteiger partial charge in [0, 0.05) is 22.5 Å². The van der Waals surface area contributed by atoms with Crippen LogP contribution in [-0.4, -0.2) is 26.7 Å². The largest absolute Gasteiger partial charge is 0.493 e. The number of carbonyl (C=O) groups is 1. The van der Waals surface area contributed by atoms with Crippen molar-refractivity contribution in [1.29, 1.82) is 0 Å². The molecule has 1 aliphatic carbocycles. The van der Waals surface area contributed by atoms with Crippen molar-refractivity contribution in [3.63, 3.8) is 0 Å². The second kappa shape index (κ2) is 6.73. The molecule has 0 unspecified atom stereocenters. The van der Waals surface area contributed by atoms with Gasteiger partial charge in [-0.15, -0.1) is 0 Å². The van der Waals surface area contributed by atoms with E-state index in [2.05, 4.69) is 11.4 Å². The molecule has 1 fully saturated rings. The third-order valence-electron chi connectivity index (χ3n) is 4.52. The maximum Gasteiger partial charge on any atom is 0.251 e. The maximum absolute atomic E-state index is 12.5. The standard InChI is InChI=1S/C19H20ClNO3/c1-23-16-7-6-13(10-17(16)24-2)18(22)21-12-19(8-9-19)14-4-3-5-15(20)11-14/h3-7,10-11H,8-9,12H2,1-2H3,(H,21,22). The van der Waals surface area contributed by atoms with Crippen LogP contribution in [0.4, 0.5) is 0 Å². The molecule has 126 valence electrons. The van der Waals surface area contributed by atoms with Crippen molar-refractivity contribution in [3.8, 4) is 11.5 Å². The highest BCUT2D eigenvalue weighted by Crippen LogP contribution is 2.48. The Balaban J connectivity index is 1.70. The zero-order chi connectivity index (χ0) is 17.2. The molecule has 0 atom stereocenters. The Bertz CT molecular complexity index is 756. The topological polar surface area (TPSA) is 47.6 Å². The zero-order valence-corrected chi connectivity index (χ0v) is 14.5. The molecule has 3 rings (SSSR count). The van der Waals surface area contributed by atoms with Crippen molar-refractivity contribution in [2.45, 2.75) is 18.3 Å². The third-order valence-corrected chi connectivity index (χ3v) is 4.76. The first-order valence-corrected chi connectivity index (χ1v) is 8.22. The number of benzene rings is 2. The SMILES string of the molecule is COc1ccc(C(=O)NCC2(c3cccc(Cl)c3)CC2)cc1OC. The van der Waals surface area contributed by atoms with Crippen LogP contribution in [0.15, 0.2) is 42.5 Å². The molecular formula is C19H20ClNO3. The summed E-state index contributed by atoms with van der Waals surface area (Å²) in [5.41, 5.74) is 1.74. The van der Waals surface area contributed by atoms with Crippen LogP contribution in [0.1, 0.15) is 28.8 Å². The van der Waals surface area contributed by atoms with Crippen LogP contribution in [0.5, 0.6) is 11.5 Å². The van der Waals surface area contributed by atoms with Gasteiger partial charge in [-0.1, -0.05) is 23.7 Å². The minimum atomic E-state index is -0.121. The molecule has 0 aromatic heterocycles. The Hall–Kier alpha value is -2.20. The first kappa shape index (κ1) is 16.7. The van der Waals surface area contributed by atoms with E-state index in [1.165, 1.54) is 5.56 Å². The molecule has 0 bridgehead atoms. The van der Waals surface area contributed by atoms with E-state index < -0.39 is 0 Å². The van der Waals surface area contributed by atoms with Crippen LogP contribution in [0, 0.1) is 0 Å². The van der Waals surface area contributed by atoms with Crippen LogP contribution in [-0.2, 0) is 5.41 Å². The van der Waals surface area contributed by atoms with E-state index in [0.717, 1.165) is 17.9 Å². The molecular weight excluding hydrogens is 326 g/mol. The molecule has 0 spiro atoms. The summed E-state index contributed by atoms with van der Waals surface area (Å²) in [6, 6.07) is 13.0. The van der Waals surface area contributed by atoms with Crippen LogP contribution in [0.3, 0.4) is 0 Å². The first-order chi connectivity index (χ1) is 11.6. The van der Waals surface area contributed by atoms with Crippen LogP contribution < -0.4 is 14.8 Å². The summed E-state index contributed by atoms with van der Waals surface area (Å²) in [7, 11) is 3.12. The average Bonchev–Trinajstić information content (AvgIpc) is 3.40. The number of carbonyl (C=O) groups excluding carboxylic acids is 1. The quantitative estimate of drug-likeness (QED) is 0.865. The molecule has 1 aliphatic rings. The third kappa shape index (κ3) is 3.34. The predicted octanol–water partition coefficient (Wildman–Crippen LogP) is 3.82. The lowest BCUT2D eigenvalue weighted by Gasteiger charge is -2.17. The van der Waals surface area contributed by atoms with Crippen LogP contribution >= 0.6 is 11.6 Å². The normalized spacial score (nSPS) is 14.8. The first-order valence-electron chi connectivity index (χ1n) is 7.84. The van der Waals surface area contributed by atoms with Gasteiger partial charge in [-0.05, 0) is 48.7 Å². The fourth-order valence-corrected chi connectivity index (χ4v) is 3.06. The molecule has 0 heterocycles. The molecule has 0 saturated heterocycles. The van der Waals surface area contributed by atoms with E-state index in [9.17, 15) is 4.79 Å². The number of hydrogen-bond acceptors (Lipinski definition) is 3. The minimum Gasteiger partial charge on any atom is -0.493 e. The second-order valence-corrected chi connectivity index (χ2v) is 6.48. The van der Waals surface area contributed by atoms with Gasteiger partial charge in [0.15, 0.2) is 11.5 Å². The zero-order valence-electron chi connectivity index (χ0n) is 13.8. The highest BCUT2D eigenvalue weighted by molar-refractivity contribution is 6.30. The van der Waals surface area contributed by atoms with E-state index in [-0.39, 0.29) is 11.3 Å². The fourth-order valence-electron chi connectivity index (χ4n) is 2.87. The van der Waals surface area contributed by atoms with Gasteiger partial charge >= 0.3 is 0 Å². The van der Waals surface area contributed by atoms with Gasteiger partial charge in [-0.2, -0.15) is 0 Å². The Morgan fingerprint density at radius 2 is 1.88 bits per heavy atom. The van der Waals surface area contributed by atoms with E-state index in [0.29, 0.717) is 23.6 Å². The summed E-state index contributed by atoms with van der Waals surface area (Å²) in [6.07, 6.45) is 2.11. The lowest BCUT2D eigenvalue weighted by atomic mass is 9.96. The summed E-state index contributed by atoms with van der Waals surface area (Å²) in [5, 5.41) is 3.76. The Labute approximate surface area is 146 Å². The molecule has 1 N–H and O–H groups in total. The van der Waals surface area contributed by atoms with Crippen molar-refractivity contribution in [3.05, 3.63) is 58.6 Å². The van der Waals surface area contributed by atoms with E-state index in [4.69, 9.17) is 21.1 Å². The van der Waals surface area contributed by atoms with Crippen molar-refractivity contribution < 1.29 is 14.3 Å². The lowest BCUT2D eigenvalue weighted by Crippen LogP contribution is -2.32. The molecule has 5 heteroatoms. The Morgan fingerprint density at radius 1 is 1.12 bits per heavy atom. The van der Waals surface area contributed by atoms with E-state index >= 15 is 0 Å². The molecule has 1 saturated carbocycles. The van der Waals surface area contributed by atoms with Gasteiger partial charge in [-0.25, -0.2) is 0 Å². The highest BCUT2D eigenvalue weighted by atomic mass is 35.5. The summed E-state index contributed by atoms with van der Waals surface area (Å²) in [4.78, 5) is 12.5.